The van der Waals surface area contributed by atoms with Crippen molar-refractivity contribution in [2.75, 3.05) is 19.8 Å². The van der Waals surface area contributed by atoms with Crippen molar-refractivity contribution in [2.24, 2.45) is 10.2 Å². The van der Waals surface area contributed by atoms with Gasteiger partial charge < -0.3 is 9.52 Å². The number of azo groups is 1. The molecule has 0 aliphatic carbocycles. The van der Waals surface area contributed by atoms with Crippen molar-refractivity contribution in [1.29, 1.82) is 0 Å². The largest absolute Gasteiger partial charge is 0.493 e. The minimum atomic E-state index is -0.443. The molecule has 0 saturated carbocycles. The lowest BCUT2D eigenvalue weighted by molar-refractivity contribution is -0.115. The van der Waals surface area contributed by atoms with Gasteiger partial charge in [0.2, 0.25) is 5.88 Å². The summed E-state index contributed by atoms with van der Waals surface area (Å²) in [4.78, 5) is 18.4. The van der Waals surface area contributed by atoms with E-state index >= 15 is 0 Å². The van der Waals surface area contributed by atoms with Gasteiger partial charge in [0.15, 0.2) is 11.3 Å². The number of aromatic nitrogens is 2. The van der Waals surface area contributed by atoms with E-state index in [2.05, 4.69) is 15.2 Å². The maximum absolute atomic E-state index is 12.2. The van der Waals surface area contributed by atoms with Crippen molar-refractivity contribution in [3.8, 4) is 5.88 Å². The monoisotopic (exact) mass is 409 g/mol. The van der Waals surface area contributed by atoms with E-state index in [1.54, 1.807) is 4.57 Å². The van der Waals surface area contributed by atoms with Crippen molar-refractivity contribution in [3.63, 3.8) is 0 Å². The number of rotatable bonds is 6. The summed E-state index contributed by atoms with van der Waals surface area (Å²) in [5, 5.41) is 19.6. The van der Waals surface area contributed by atoms with Crippen molar-refractivity contribution in [3.05, 3.63) is 48.5 Å². The molecule has 148 valence electrons. The van der Waals surface area contributed by atoms with Gasteiger partial charge in [-0.05, 0) is 32.3 Å². The predicted octanol–water partition coefficient (Wildman–Crippen LogP) is 4.41. The van der Waals surface area contributed by atoms with E-state index in [0.717, 1.165) is 28.2 Å². The Morgan fingerprint density at radius 3 is 2.76 bits per heavy atom. The number of para-hydroxylation sites is 3. The van der Waals surface area contributed by atoms with Gasteiger partial charge >= 0.3 is 0 Å². The molecule has 0 aliphatic rings. The molecule has 2 heterocycles. The molecule has 4 rings (SSSR count). The van der Waals surface area contributed by atoms with Gasteiger partial charge in [0.25, 0.3) is 11.1 Å². The molecule has 29 heavy (non-hydrogen) atoms. The molecular formula is C20H19N5O3S. The van der Waals surface area contributed by atoms with E-state index in [4.69, 9.17) is 4.42 Å². The van der Waals surface area contributed by atoms with Crippen LogP contribution in [-0.2, 0) is 11.5 Å². The SMILES string of the molecule is CN(C)Cn1c(O)c(N=NC(=O)CSc2nc3ccccc3o2)c2ccccc21. The molecule has 0 radical (unpaired) electrons. The Balaban J connectivity index is 1.51. The number of fused-ring (bicyclic) bond motifs is 2. The molecule has 0 spiro atoms. The molecule has 0 aliphatic heterocycles. The van der Waals surface area contributed by atoms with E-state index in [1.807, 2.05) is 67.5 Å². The predicted molar refractivity (Wildman–Crippen MR) is 112 cm³/mol. The van der Waals surface area contributed by atoms with Gasteiger partial charge in [-0.15, -0.1) is 10.2 Å². The van der Waals surface area contributed by atoms with E-state index in [-0.39, 0.29) is 17.3 Å². The van der Waals surface area contributed by atoms with Crippen LogP contribution in [0.4, 0.5) is 5.69 Å². The summed E-state index contributed by atoms with van der Waals surface area (Å²) in [5.74, 6) is -0.433. The number of thioether (sulfide) groups is 1. The van der Waals surface area contributed by atoms with Crippen LogP contribution >= 0.6 is 11.8 Å². The first-order valence-corrected chi connectivity index (χ1v) is 9.89. The average Bonchev–Trinajstić information content (AvgIpc) is 3.24. The summed E-state index contributed by atoms with van der Waals surface area (Å²) < 4.78 is 7.30. The first-order chi connectivity index (χ1) is 14.0. The highest BCUT2D eigenvalue weighted by Gasteiger charge is 2.17. The zero-order valence-electron chi connectivity index (χ0n) is 15.9. The quantitative estimate of drug-likeness (QED) is 0.374. The molecule has 9 heteroatoms. The summed E-state index contributed by atoms with van der Waals surface area (Å²) >= 11 is 1.16. The Bertz CT molecular complexity index is 1180. The molecule has 0 atom stereocenters. The summed E-state index contributed by atoms with van der Waals surface area (Å²) in [6.45, 7) is 0.476. The standard InChI is InChI=1S/C20H19N5O3S/c1-24(2)12-25-15-9-5-3-7-13(15)18(19(25)27)23-22-17(26)11-29-20-21-14-8-4-6-10-16(14)28-20/h3-10,27H,11-12H2,1-2H3. The Morgan fingerprint density at radius 1 is 1.21 bits per heavy atom. The number of hydrogen-bond acceptors (Lipinski definition) is 7. The third kappa shape index (κ3) is 4.01. The zero-order valence-corrected chi connectivity index (χ0v) is 16.8. The van der Waals surface area contributed by atoms with Crippen LogP contribution in [0.1, 0.15) is 0 Å². The molecule has 4 aromatic rings. The second kappa shape index (κ2) is 8.06. The molecule has 2 aromatic carbocycles. The Kier molecular flexibility index (Phi) is 5.32. The number of carbonyl (C=O) groups excluding carboxylic acids is 1. The molecule has 0 unspecified atom stereocenters. The van der Waals surface area contributed by atoms with Crippen molar-refractivity contribution in [1.82, 2.24) is 14.5 Å². The van der Waals surface area contributed by atoms with E-state index in [0.29, 0.717) is 17.5 Å². The van der Waals surface area contributed by atoms with Crippen molar-refractivity contribution in [2.45, 2.75) is 11.9 Å². The van der Waals surface area contributed by atoms with E-state index in [1.165, 1.54) is 0 Å². The van der Waals surface area contributed by atoms with Gasteiger partial charge in [-0.25, -0.2) is 4.98 Å². The van der Waals surface area contributed by atoms with Gasteiger partial charge in [-0.2, -0.15) is 0 Å². The normalized spacial score (nSPS) is 12.0. The number of benzene rings is 2. The van der Waals surface area contributed by atoms with Crippen LogP contribution in [0.25, 0.3) is 22.0 Å². The summed E-state index contributed by atoms with van der Waals surface area (Å²) in [6, 6.07) is 14.9. The number of amides is 1. The van der Waals surface area contributed by atoms with Crippen LogP contribution < -0.4 is 0 Å². The third-order valence-electron chi connectivity index (χ3n) is 4.20. The number of hydrogen-bond donors (Lipinski definition) is 1. The van der Waals surface area contributed by atoms with Crippen molar-refractivity contribution < 1.29 is 14.3 Å². The van der Waals surface area contributed by atoms with Crippen LogP contribution in [0.5, 0.6) is 5.88 Å². The second-order valence-electron chi connectivity index (χ2n) is 6.67. The first kappa shape index (κ1) is 19.2. The second-order valence-corrected chi connectivity index (χ2v) is 7.59. The zero-order chi connectivity index (χ0) is 20.4. The van der Waals surface area contributed by atoms with E-state index < -0.39 is 5.91 Å². The highest BCUT2D eigenvalue weighted by Crippen LogP contribution is 2.38. The molecule has 0 fully saturated rings. The number of carbonyl (C=O) groups is 1. The smallest absolute Gasteiger partial charge is 0.275 e. The van der Waals surface area contributed by atoms with Crippen LogP contribution in [-0.4, -0.2) is 45.3 Å². The Labute approximate surface area is 170 Å². The third-order valence-corrected chi connectivity index (χ3v) is 5.01. The lowest BCUT2D eigenvalue weighted by atomic mass is 10.2. The van der Waals surface area contributed by atoms with Gasteiger partial charge in [0.05, 0.1) is 17.9 Å². The highest BCUT2D eigenvalue weighted by atomic mass is 32.2. The number of oxazole rings is 1. The van der Waals surface area contributed by atoms with E-state index in [9.17, 15) is 9.90 Å². The fraction of sp³-hybridized carbons (Fsp3) is 0.200. The molecule has 1 amide bonds. The van der Waals surface area contributed by atoms with Crippen LogP contribution in [0.3, 0.4) is 0 Å². The van der Waals surface area contributed by atoms with Crippen LogP contribution in [0.2, 0.25) is 0 Å². The first-order valence-electron chi connectivity index (χ1n) is 8.91. The lowest BCUT2D eigenvalue weighted by Gasteiger charge is -2.12. The fourth-order valence-corrected chi connectivity index (χ4v) is 3.58. The topological polar surface area (TPSA) is 96.2 Å². The fourth-order valence-electron chi connectivity index (χ4n) is 2.97. The van der Waals surface area contributed by atoms with Gasteiger partial charge in [0, 0.05) is 5.39 Å². The van der Waals surface area contributed by atoms with Gasteiger partial charge in [-0.1, -0.05) is 42.1 Å². The number of aromatic hydroxyl groups is 1. The molecule has 0 saturated heterocycles. The minimum absolute atomic E-state index is 0.0250. The van der Waals surface area contributed by atoms with Gasteiger partial charge in [-0.3, -0.25) is 14.3 Å². The van der Waals surface area contributed by atoms with Crippen molar-refractivity contribution >= 4 is 45.4 Å². The summed E-state index contributed by atoms with van der Waals surface area (Å²) in [7, 11) is 3.81. The summed E-state index contributed by atoms with van der Waals surface area (Å²) in [5.41, 5.74) is 2.51. The Morgan fingerprint density at radius 2 is 1.97 bits per heavy atom. The molecule has 2 aromatic heterocycles. The van der Waals surface area contributed by atoms with Crippen LogP contribution in [0, 0.1) is 0 Å². The lowest BCUT2D eigenvalue weighted by Crippen LogP contribution is -2.16. The molecular weight excluding hydrogens is 390 g/mol. The average molecular weight is 409 g/mol. The summed E-state index contributed by atoms with van der Waals surface area (Å²) in [6.07, 6.45) is 0. The maximum atomic E-state index is 12.2. The molecule has 0 bridgehead atoms. The highest BCUT2D eigenvalue weighted by molar-refractivity contribution is 7.99. The Hall–Kier alpha value is -3.17. The maximum Gasteiger partial charge on any atom is 0.275 e. The number of nitrogens with zero attached hydrogens (tertiary/aromatic N) is 5. The molecule has 8 nitrogen and oxygen atoms in total. The van der Waals surface area contributed by atoms with Gasteiger partial charge in [0.1, 0.15) is 5.52 Å². The van der Waals surface area contributed by atoms with Crippen LogP contribution in [0.15, 0.2) is 68.4 Å². The minimum Gasteiger partial charge on any atom is -0.493 e. The molecule has 1 N–H and O–H groups in total.